The van der Waals surface area contributed by atoms with Crippen LogP contribution in [-0.4, -0.2) is 32.3 Å². The Balaban J connectivity index is 1.69. The van der Waals surface area contributed by atoms with Crippen molar-refractivity contribution in [2.75, 3.05) is 13.2 Å². The van der Waals surface area contributed by atoms with Crippen LogP contribution in [0.25, 0.3) is 0 Å². The van der Waals surface area contributed by atoms with Crippen molar-refractivity contribution in [3.8, 4) is 0 Å². The smallest absolute Gasteiger partial charge is 0.372 e. The van der Waals surface area contributed by atoms with Gasteiger partial charge in [-0.25, -0.2) is 0 Å². The van der Waals surface area contributed by atoms with Crippen molar-refractivity contribution in [3.05, 3.63) is 30.3 Å². The van der Waals surface area contributed by atoms with E-state index >= 15 is 0 Å². The Bertz CT molecular complexity index is 461. The van der Waals surface area contributed by atoms with Gasteiger partial charge in [-0.1, -0.05) is 30.3 Å². The zero-order valence-corrected chi connectivity index (χ0v) is 15.6. The molecule has 0 amide bonds. The molecule has 2 aliphatic rings. The highest BCUT2D eigenvalue weighted by atomic mass is 32.2. The maximum Gasteiger partial charge on any atom is 0.372 e. The first-order valence-corrected chi connectivity index (χ1v) is 11.7. The summed E-state index contributed by atoms with van der Waals surface area (Å²) in [4.78, 5) is 0. The van der Waals surface area contributed by atoms with Crippen LogP contribution in [0.2, 0.25) is 6.04 Å². The lowest BCUT2D eigenvalue weighted by molar-refractivity contribution is 0.192. The van der Waals surface area contributed by atoms with Crippen molar-refractivity contribution >= 4 is 25.5 Å². The van der Waals surface area contributed by atoms with Crippen LogP contribution in [0.1, 0.15) is 39.5 Å². The largest absolute Gasteiger partial charge is 0.391 e. The molecule has 22 heavy (non-hydrogen) atoms. The van der Waals surface area contributed by atoms with E-state index in [1.807, 2.05) is 0 Å². The van der Waals surface area contributed by atoms with Gasteiger partial charge in [-0.05, 0) is 56.7 Å². The lowest BCUT2D eigenvalue weighted by Gasteiger charge is -2.32. The maximum atomic E-state index is 6.30. The Morgan fingerprint density at radius 2 is 1.77 bits per heavy atom. The number of hydrogen-bond acceptors (Lipinski definition) is 3. The summed E-state index contributed by atoms with van der Waals surface area (Å²) in [5, 5.41) is 3.28. The van der Waals surface area contributed by atoms with E-state index in [9.17, 15) is 0 Å². The first-order valence-electron chi connectivity index (χ1n) is 8.76. The lowest BCUT2D eigenvalue weighted by Crippen LogP contribution is -2.54. The molecule has 1 aromatic carbocycles. The van der Waals surface area contributed by atoms with E-state index < -0.39 is 8.56 Å². The van der Waals surface area contributed by atoms with E-state index in [2.05, 4.69) is 55.9 Å². The van der Waals surface area contributed by atoms with Crippen LogP contribution in [-0.2, 0) is 8.85 Å². The molecule has 1 aliphatic heterocycles. The quantitative estimate of drug-likeness (QED) is 0.526. The van der Waals surface area contributed by atoms with Gasteiger partial charge in [0, 0.05) is 23.7 Å². The number of benzene rings is 1. The molecule has 1 heterocycles. The minimum atomic E-state index is -2.27. The first kappa shape index (κ1) is 16.6. The molecule has 3 atom stereocenters. The van der Waals surface area contributed by atoms with Crippen LogP contribution >= 0.6 is 11.8 Å². The van der Waals surface area contributed by atoms with Gasteiger partial charge < -0.3 is 8.85 Å². The fourth-order valence-electron chi connectivity index (χ4n) is 3.80. The fourth-order valence-corrected chi connectivity index (χ4v) is 8.47. The molecule has 4 heteroatoms. The zero-order valence-electron chi connectivity index (χ0n) is 13.8. The molecule has 1 aliphatic carbocycles. The van der Waals surface area contributed by atoms with Gasteiger partial charge in [0.25, 0.3) is 0 Å². The molecule has 1 saturated carbocycles. The van der Waals surface area contributed by atoms with Crippen molar-refractivity contribution in [2.24, 2.45) is 5.92 Å². The monoisotopic (exact) mass is 336 g/mol. The second-order valence-corrected chi connectivity index (χ2v) is 11.1. The number of fused-ring (bicyclic) bond motifs is 1. The average molecular weight is 337 g/mol. The zero-order chi connectivity index (χ0) is 15.4. The SMILES string of the molecule is CCO[Si](CCC1CCC2SC2C1)(OCC)c1ccccc1. The van der Waals surface area contributed by atoms with Crippen molar-refractivity contribution in [3.63, 3.8) is 0 Å². The topological polar surface area (TPSA) is 18.5 Å². The average Bonchev–Trinajstić information content (AvgIpc) is 3.32. The normalized spacial score (nSPS) is 27.5. The van der Waals surface area contributed by atoms with Gasteiger partial charge in [0.05, 0.1) is 0 Å². The number of thioether (sulfide) groups is 1. The third kappa shape index (κ3) is 3.78. The van der Waals surface area contributed by atoms with Crippen LogP contribution in [0.4, 0.5) is 0 Å². The highest BCUT2D eigenvalue weighted by molar-refractivity contribution is 8.07. The summed E-state index contributed by atoms with van der Waals surface area (Å²) < 4.78 is 12.6. The summed E-state index contributed by atoms with van der Waals surface area (Å²) >= 11 is 2.20. The Kier molecular flexibility index (Phi) is 5.66. The fraction of sp³-hybridized carbons (Fsp3) is 0.667. The van der Waals surface area contributed by atoms with E-state index in [4.69, 9.17) is 8.85 Å². The predicted octanol–water partition coefficient (Wildman–Crippen LogP) is 4.08. The minimum absolute atomic E-state index is 0.742. The number of hydrogen-bond donors (Lipinski definition) is 0. The van der Waals surface area contributed by atoms with Gasteiger partial charge >= 0.3 is 8.56 Å². The minimum Gasteiger partial charge on any atom is -0.391 e. The van der Waals surface area contributed by atoms with E-state index in [1.54, 1.807) is 0 Å². The van der Waals surface area contributed by atoms with Crippen LogP contribution in [0.5, 0.6) is 0 Å². The third-order valence-corrected chi connectivity index (χ3v) is 10.1. The van der Waals surface area contributed by atoms with E-state index in [-0.39, 0.29) is 0 Å². The van der Waals surface area contributed by atoms with Crippen LogP contribution < -0.4 is 5.19 Å². The molecule has 0 radical (unpaired) electrons. The second kappa shape index (κ2) is 7.52. The van der Waals surface area contributed by atoms with Gasteiger partial charge in [0.1, 0.15) is 0 Å². The second-order valence-electron chi connectivity index (χ2n) is 6.42. The summed E-state index contributed by atoms with van der Waals surface area (Å²) in [6.07, 6.45) is 5.53. The van der Waals surface area contributed by atoms with E-state index in [0.29, 0.717) is 0 Å². The summed E-state index contributed by atoms with van der Waals surface area (Å²) in [6.45, 7) is 5.67. The van der Waals surface area contributed by atoms with Crippen molar-refractivity contribution in [1.82, 2.24) is 0 Å². The van der Waals surface area contributed by atoms with Crippen LogP contribution in [0.15, 0.2) is 30.3 Å². The molecule has 2 nitrogen and oxygen atoms in total. The molecule has 0 N–H and O–H groups in total. The lowest BCUT2D eigenvalue weighted by atomic mass is 9.88. The molecule has 122 valence electrons. The molecule has 3 rings (SSSR count). The Labute approximate surface area is 140 Å². The van der Waals surface area contributed by atoms with Gasteiger partial charge in [0.2, 0.25) is 0 Å². The molecule has 3 unspecified atom stereocenters. The van der Waals surface area contributed by atoms with E-state index in [0.717, 1.165) is 35.7 Å². The standard InChI is InChI=1S/C18H28O2SSi/c1-3-19-22(20-4-2,16-8-6-5-7-9-16)13-12-15-10-11-17-18(14-15)21-17/h5-9,15,17-18H,3-4,10-14H2,1-2H3. The van der Waals surface area contributed by atoms with Gasteiger partial charge in [-0.15, -0.1) is 0 Å². The van der Waals surface area contributed by atoms with Gasteiger partial charge in [-0.3, -0.25) is 0 Å². The van der Waals surface area contributed by atoms with Crippen LogP contribution in [0.3, 0.4) is 0 Å². The van der Waals surface area contributed by atoms with Crippen LogP contribution in [0, 0.1) is 5.92 Å². The van der Waals surface area contributed by atoms with Gasteiger partial charge in [-0.2, -0.15) is 11.8 Å². The van der Waals surface area contributed by atoms with Crippen molar-refractivity contribution < 1.29 is 8.85 Å². The molecule has 1 aromatic rings. The first-order chi connectivity index (χ1) is 10.8. The molecule has 0 spiro atoms. The molecule has 1 saturated heterocycles. The molecular formula is C18H28O2SSi. The number of rotatable bonds is 8. The Morgan fingerprint density at radius 1 is 1.05 bits per heavy atom. The molecular weight excluding hydrogens is 308 g/mol. The van der Waals surface area contributed by atoms with E-state index in [1.165, 1.54) is 30.9 Å². The highest BCUT2D eigenvalue weighted by Gasteiger charge is 2.45. The predicted molar refractivity (Wildman–Crippen MR) is 97.0 cm³/mol. The van der Waals surface area contributed by atoms with Gasteiger partial charge in [0.15, 0.2) is 0 Å². The molecule has 2 fully saturated rings. The summed E-state index contributed by atoms with van der Waals surface area (Å²) in [5.74, 6) is 0.882. The summed E-state index contributed by atoms with van der Waals surface area (Å²) in [6, 6.07) is 11.8. The Hall–Kier alpha value is -0.293. The summed E-state index contributed by atoms with van der Waals surface area (Å²) in [5.41, 5.74) is 0. The summed E-state index contributed by atoms with van der Waals surface area (Å²) in [7, 11) is -2.27. The molecule has 0 bridgehead atoms. The Morgan fingerprint density at radius 3 is 2.41 bits per heavy atom. The highest BCUT2D eigenvalue weighted by Crippen LogP contribution is 2.53. The maximum absolute atomic E-state index is 6.30. The third-order valence-electron chi connectivity index (χ3n) is 4.96. The molecule has 0 aromatic heterocycles. The van der Waals surface area contributed by atoms with Crippen molar-refractivity contribution in [2.45, 2.75) is 56.1 Å². The van der Waals surface area contributed by atoms with Crippen molar-refractivity contribution in [1.29, 1.82) is 0 Å².